The summed E-state index contributed by atoms with van der Waals surface area (Å²) in [5, 5.41) is 6.79. The molecule has 0 aliphatic carbocycles. The van der Waals surface area contributed by atoms with Gasteiger partial charge in [0.05, 0.1) is 11.0 Å². The fraction of sp³-hybridized carbons (Fsp3) is 0.100. The standard InChI is InChI=1S/C60H43N5O.Pt/c1-35(2)45-32-48(59-57(56(45)36(3)4)44-28-25-38(30-49(44)62-59)37-16-7-5-8-17-37)60-63-58-41(21-15-22-50(58)64(60)40-18-9-6-10-19-40)39-26-27-42-46-33-47-43-20-11-12-23-53(43)66-54(47)34-52(46)65(51(42)31-39)55-24-13-14-29-61-55;/h5-30,32-36H,1-4H3;/q-2;+2. The molecule has 6 nitrogen and oxygen atoms in total. The molecule has 0 aliphatic rings. The minimum Gasteiger partial charge on any atom is -0.656 e. The van der Waals surface area contributed by atoms with E-state index in [1.807, 2.05) is 30.5 Å². The number of fused-ring (bicyclic) bond motifs is 10. The number of rotatable bonds is 7. The van der Waals surface area contributed by atoms with Gasteiger partial charge in [-0.3, -0.25) is 4.57 Å². The van der Waals surface area contributed by atoms with Crippen molar-refractivity contribution in [1.82, 2.24) is 24.1 Å². The van der Waals surface area contributed by atoms with Crippen molar-refractivity contribution < 1.29 is 25.5 Å². The number of aromatic nitrogens is 5. The topological polar surface area (TPSA) is 62.9 Å². The first-order valence-electron chi connectivity index (χ1n) is 22.8. The van der Waals surface area contributed by atoms with E-state index in [9.17, 15) is 0 Å². The smallest absolute Gasteiger partial charge is 0.656 e. The van der Waals surface area contributed by atoms with Gasteiger partial charge in [0.2, 0.25) is 0 Å². The molecular weight excluding hydrogens is 1000 g/mol. The van der Waals surface area contributed by atoms with Crippen molar-refractivity contribution in [3.05, 3.63) is 193 Å². The van der Waals surface area contributed by atoms with E-state index in [1.54, 1.807) is 0 Å². The summed E-state index contributed by atoms with van der Waals surface area (Å²) in [6, 6.07) is 63.9. The first-order chi connectivity index (χ1) is 32.4. The van der Waals surface area contributed by atoms with E-state index in [0.29, 0.717) is 0 Å². The van der Waals surface area contributed by atoms with Crippen molar-refractivity contribution in [2.75, 3.05) is 0 Å². The maximum atomic E-state index is 6.42. The van der Waals surface area contributed by atoms with Gasteiger partial charge in [0.15, 0.2) is 0 Å². The van der Waals surface area contributed by atoms with Crippen LogP contribution in [0.5, 0.6) is 0 Å². The molecular formula is C60H43N5OPt. The first kappa shape index (κ1) is 40.9. The second kappa shape index (κ2) is 15.8. The summed E-state index contributed by atoms with van der Waals surface area (Å²) in [7, 11) is 0. The van der Waals surface area contributed by atoms with Crippen LogP contribution in [0.15, 0.2) is 180 Å². The number of imidazole rings is 1. The van der Waals surface area contributed by atoms with Gasteiger partial charge in [-0.25, -0.2) is 9.97 Å². The third-order valence-corrected chi connectivity index (χ3v) is 13.5. The predicted octanol–water partition coefficient (Wildman–Crippen LogP) is 15.7. The molecule has 0 aliphatic heterocycles. The average molecular weight is 1050 g/mol. The summed E-state index contributed by atoms with van der Waals surface area (Å²) in [5.74, 6) is 2.24. The van der Waals surface area contributed by atoms with E-state index in [4.69, 9.17) is 19.4 Å². The maximum absolute atomic E-state index is 6.42. The van der Waals surface area contributed by atoms with Gasteiger partial charge in [0.1, 0.15) is 22.8 Å². The summed E-state index contributed by atoms with van der Waals surface area (Å²) < 4.78 is 11.0. The second-order valence-electron chi connectivity index (χ2n) is 18.1. The van der Waals surface area contributed by atoms with Crippen LogP contribution in [0.4, 0.5) is 0 Å². The van der Waals surface area contributed by atoms with Crippen LogP contribution in [0.1, 0.15) is 50.7 Å². The van der Waals surface area contributed by atoms with Gasteiger partial charge < -0.3 is 14.0 Å². The Kier molecular flexibility index (Phi) is 9.67. The Morgan fingerprint density at radius 1 is 0.567 bits per heavy atom. The largest absolute Gasteiger partial charge is 2.00 e. The minimum absolute atomic E-state index is 0. The van der Waals surface area contributed by atoms with Crippen molar-refractivity contribution in [3.8, 4) is 45.1 Å². The summed E-state index contributed by atoms with van der Waals surface area (Å²) in [6.07, 6.45) is 1.84. The molecule has 0 saturated heterocycles. The Hall–Kier alpha value is -7.53. The van der Waals surface area contributed by atoms with E-state index in [2.05, 4.69) is 188 Å². The zero-order valence-electron chi connectivity index (χ0n) is 37.4. The molecule has 0 unspecified atom stereocenters. The Morgan fingerprint density at radius 2 is 1.34 bits per heavy atom. The Labute approximate surface area is 401 Å². The number of para-hydroxylation sites is 3. The number of benzene rings is 8. The second-order valence-corrected chi connectivity index (χ2v) is 18.1. The van der Waals surface area contributed by atoms with Crippen LogP contribution < -0.4 is 4.98 Å². The van der Waals surface area contributed by atoms with Gasteiger partial charge in [0.25, 0.3) is 0 Å². The third kappa shape index (κ3) is 6.34. The van der Waals surface area contributed by atoms with E-state index < -0.39 is 0 Å². The van der Waals surface area contributed by atoms with Gasteiger partial charge >= 0.3 is 21.1 Å². The molecule has 13 aromatic rings. The quantitative estimate of drug-likeness (QED) is 0.149. The zero-order chi connectivity index (χ0) is 44.2. The van der Waals surface area contributed by atoms with Crippen LogP contribution >= 0.6 is 0 Å². The number of hydrogen-bond donors (Lipinski definition) is 0. The predicted molar refractivity (Wildman–Crippen MR) is 272 cm³/mol. The molecule has 0 radical (unpaired) electrons. The van der Waals surface area contributed by atoms with Gasteiger partial charge in [-0.2, -0.15) is 0 Å². The summed E-state index contributed by atoms with van der Waals surface area (Å²) in [6.45, 7) is 9.22. The average Bonchev–Trinajstić information content (AvgIpc) is 4.12. The molecule has 7 heteroatoms. The number of pyridine rings is 1. The summed E-state index contributed by atoms with van der Waals surface area (Å²) >= 11 is 0. The molecule has 5 heterocycles. The number of nitrogens with zero attached hydrogens (tertiary/aromatic N) is 5. The molecule has 0 bridgehead atoms. The summed E-state index contributed by atoms with van der Waals surface area (Å²) in [5.41, 5.74) is 16.5. The molecule has 0 N–H and O–H groups in total. The van der Waals surface area contributed by atoms with Crippen molar-refractivity contribution in [2.24, 2.45) is 0 Å². The number of hydrogen-bond acceptors (Lipinski definition) is 3. The van der Waals surface area contributed by atoms with E-state index in [1.165, 1.54) is 27.5 Å². The van der Waals surface area contributed by atoms with E-state index in [0.717, 1.165) is 105 Å². The van der Waals surface area contributed by atoms with Crippen LogP contribution in [-0.2, 0) is 21.1 Å². The van der Waals surface area contributed by atoms with Crippen LogP contribution in [0.3, 0.4) is 0 Å². The van der Waals surface area contributed by atoms with Gasteiger partial charge in [0, 0.05) is 39.8 Å². The molecule has 324 valence electrons. The van der Waals surface area contributed by atoms with Crippen LogP contribution in [-0.4, -0.2) is 19.1 Å². The van der Waals surface area contributed by atoms with Crippen molar-refractivity contribution in [2.45, 2.75) is 39.5 Å². The fourth-order valence-electron chi connectivity index (χ4n) is 10.5. The molecule has 5 aromatic heterocycles. The van der Waals surface area contributed by atoms with Crippen molar-refractivity contribution in [3.63, 3.8) is 0 Å². The molecule has 8 aromatic carbocycles. The van der Waals surface area contributed by atoms with Crippen LogP contribution in [0.2, 0.25) is 0 Å². The molecule has 0 fully saturated rings. The third-order valence-electron chi connectivity index (χ3n) is 13.5. The number of furan rings is 1. The van der Waals surface area contributed by atoms with E-state index >= 15 is 0 Å². The Morgan fingerprint density at radius 3 is 2.13 bits per heavy atom. The minimum atomic E-state index is 0. The monoisotopic (exact) mass is 1040 g/mol. The van der Waals surface area contributed by atoms with Crippen molar-refractivity contribution >= 4 is 76.6 Å². The molecule has 13 rings (SSSR count). The van der Waals surface area contributed by atoms with Crippen LogP contribution in [0.25, 0.3) is 122 Å². The maximum Gasteiger partial charge on any atom is 2.00 e. The first-order valence-corrected chi connectivity index (χ1v) is 22.8. The zero-order valence-corrected chi connectivity index (χ0v) is 39.6. The molecule has 0 spiro atoms. The Balaban J connectivity index is 0.00000468. The normalized spacial score (nSPS) is 12.0. The fourth-order valence-corrected chi connectivity index (χ4v) is 10.5. The van der Waals surface area contributed by atoms with Gasteiger partial charge in [-0.05, 0) is 104 Å². The molecule has 0 atom stereocenters. The van der Waals surface area contributed by atoms with Gasteiger partial charge in [-0.15, -0.1) is 34.8 Å². The molecule has 0 amide bonds. The molecule has 0 saturated carbocycles. The summed E-state index contributed by atoms with van der Waals surface area (Å²) in [4.78, 5) is 16.2. The SMILES string of the molecule is CC(C)c1cc(-c2nc3c(-c4[c-]c5c(cc4)c4cc6c(cc4n5-c4ccccn4)oc4ccccc46)cccc3n2-c2ccccc2)c2[n-]c3cc(-c4ccccc4)ccc3c2c1C(C)C.[Pt+2]. The van der Waals surface area contributed by atoms with E-state index in [-0.39, 0.29) is 32.9 Å². The van der Waals surface area contributed by atoms with Gasteiger partial charge in [-0.1, -0.05) is 142 Å². The van der Waals surface area contributed by atoms with Crippen molar-refractivity contribution in [1.29, 1.82) is 0 Å². The Bertz CT molecular complexity index is 4050. The van der Waals surface area contributed by atoms with Crippen LogP contribution in [0, 0.1) is 6.07 Å². The molecule has 67 heavy (non-hydrogen) atoms.